The lowest BCUT2D eigenvalue weighted by Crippen LogP contribution is -2.04. The van der Waals surface area contributed by atoms with Gasteiger partial charge < -0.3 is 0 Å². The lowest BCUT2D eigenvalue weighted by molar-refractivity contribution is 0.589. The van der Waals surface area contributed by atoms with Gasteiger partial charge in [-0.25, -0.2) is 0 Å². The van der Waals surface area contributed by atoms with Crippen LogP contribution in [0.1, 0.15) is 19.3 Å². The summed E-state index contributed by atoms with van der Waals surface area (Å²) in [5.74, 6) is 0.933. The largest absolute Gasteiger partial charge is 0.0956 e. The fourth-order valence-electron chi connectivity index (χ4n) is 1.60. The van der Waals surface area contributed by atoms with E-state index < -0.39 is 0 Å². The van der Waals surface area contributed by atoms with Gasteiger partial charge in [-0.3, -0.25) is 0 Å². The van der Waals surface area contributed by atoms with Crippen molar-refractivity contribution in [1.29, 1.82) is 0 Å². The van der Waals surface area contributed by atoms with Crippen LogP contribution in [0.4, 0.5) is 0 Å². The predicted molar refractivity (Wildman–Crippen MR) is 34.6 cm³/mol. The number of hydrogen-bond donors (Lipinski definition) is 0. The molecule has 0 spiro atoms. The zero-order valence-corrected chi connectivity index (χ0v) is 4.98. The van der Waals surface area contributed by atoms with Crippen molar-refractivity contribution >= 4 is 0 Å². The molecule has 0 N–H and O–H groups in total. The van der Waals surface area contributed by atoms with Crippen LogP contribution >= 0.6 is 0 Å². The summed E-state index contributed by atoms with van der Waals surface area (Å²) in [6, 6.07) is 0. The normalized spacial score (nSPS) is 33.8. The van der Waals surface area contributed by atoms with Crippen LogP contribution in [0.3, 0.4) is 0 Å². The summed E-state index contributed by atoms with van der Waals surface area (Å²) in [5.41, 5.74) is 2.98. The minimum Gasteiger partial charge on any atom is -0.0956 e. The lowest BCUT2D eigenvalue weighted by Gasteiger charge is -2.18. The maximum absolute atomic E-state index is 3.97. The molecular weight excluding hydrogens is 96.1 g/mol. The zero-order valence-electron chi connectivity index (χ0n) is 4.98. The van der Waals surface area contributed by atoms with Gasteiger partial charge in [0, 0.05) is 0 Å². The van der Waals surface area contributed by atoms with Crippen molar-refractivity contribution in [3.8, 4) is 0 Å². The molecule has 0 aliphatic heterocycles. The van der Waals surface area contributed by atoms with Crippen molar-refractivity contribution in [1.82, 2.24) is 0 Å². The van der Waals surface area contributed by atoms with E-state index in [0.29, 0.717) is 0 Å². The molecule has 8 heavy (non-hydrogen) atoms. The molecule has 2 aliphatic carbocycles. The monoisotopic (exact) mass is 106 g/mol. The second-order valence-corrected chi connectivity index (χ2v) is 2.73. The molecule has 0 nitrogen and oxygen atoms in total. The smallest absolute Gasteiger partial charge is 0.0125 e. The summed E-state index contributed by atoms with van der Waals surface area (Å²) in [6.45, 7) is 3.97. The molecule has 0 aromatic heterocycles. The summed E-state index contributed by atoms with van der Waals surface area (Å²) in [5, 5.41) is 0. The van der Waals surface area contributed by atoms with Crippen molar-refractivity contribution in [2.75, 3.05) is 0 Å². The molecule has 1 atom stereocenters. The molecule has 0 heterocycles. The van der Waals surface area contributed by atoms with E-state index in [-0.39, 0.29) is 0 Å². The third kappa shape index (κ3) is 0.360. The van der Waals surface area contributed by atoms with Crippen molar-refractivity contribution in [3.05, 3.63) is 23.8 Å². The van der Waals surface area contributed by atoms with Crippen LogP contribution < -0.4 is 0 Å². The Labute approximate surface area is 49.9 Å². The summed E-state index contributed by atoms with van der Waals surface area (Å²) in [4.78, 5) is 0. The molecule has 1 saturated carbocycles. The fourth-order valence-corrected chi connectivity index (χ4v) is 1.60. The maximum atomic E-state index is 3.97. The molecule has 1 unspecified atom stereocenters. The lowest BCUT2D eigenvalue weighted by atomic mass is 9.87. The van der Waals surface area contributed by atoms with Gasteiger partial charge in [-0.05, 0) is 30.8 Å². The van der Waals surface area contributed by atoms with Gasteiger partial charge >= 0.3 is 0 Å². The zero-order chi connectivity index (χ0) is 5.56. The predicted octanol–water partition coefficient (Wildman–Crippen LogP) is 2.28. The van der Waals surface area contributed by atoms with Crippen LogP contribution in [-0.4, -0.2) is 0 Å². The van der Waals surface area contributed by atoms with Crippen molar-refractivity contribution in [3.63, 3.8) is 0 Å². The number of rotatable bonds is 0. The average Bonchev–Trinajstić information content (AvgIpc) is 1.80. The van der Waals surface area contributed by atoms with Crippen LogP contribution in [0, 0.1) is 5.92 Å². The SMILES string of the molecule is C=C1CCC2CC=C12. The third-order valence-corrected chi connectivity index (χ3v) is 2.26. The van der Waals surface area contributed by atoms with E-state index in [1.165, 1.54) is 24.8 Å². The first-order valence-corrected chi connectivity index (χ1v) is 3.26. The Hall–Kier alpha value is -0.520. The van der Waals surface area contributed by atoms with Crippen LogP contribution in [0.5, 0.6) is 0 Å². The molecule has 0 amide bonds. The molecule has 2 rings (SSSR count). The average molecular weight is 106 g/mol. The van der Waals surface area contributed by atoms with E-state index in [4.69, 9.17) is 0 Å². The minimum atomic E-state index is 0.933. The molecule has 42 valence electrons. The first-order chi connectivity index (χ1) is 3.88. The third-order valence-electron chi connectivity index (χ3n) is 2.26. The van der Waals surface area contributed by atoms with Gasteiger partial charge in [-0.15, -0.1) is 0 Å². The topological polar surface area (TPSA) is 0 Å². The van der Waals surface area contributed by atoms with Crippen LogP contribution in [-0.2, 0) is 0 Å². The summed E-state index contributed by atoms with van der Waals surface area (Å²) in [7, 11) is 0. The van der Waals surface area contributed by atoms with Crippen molar-refractivity contribution in [2.45, 2.75) is 19.3 Å². The van der Waals surface area contributed by atoms with Gasteiger partial charge in [-0.2, -0.15) is 0 Å². The van der Waals surface area contributed by atoms with Crippen molar-refractivity contribution in [2.24, 2.45) is 5.92 Å². The van der Waals surface area contributed by atoms with E-state index >= 15 is 0 Å². The second-order valence-electron chi connectivity index (χ2n) is 2.73. The molecule has 1 fully saturated rings. The van der Waals surface area contributed by atoms with Gasteiger partial charge in [0.2, 0.25) is 0 Å². The Bertz CT molecular complexity index is 163. The van der Waals surface area contributed by atoms with Gasteiger partial charge in [0.25, 0.3) is 0 Å². The molecule has 0 bridgehead atoms. The molecule has 0 radical (unpaired) electrons. The molecule has 0 saturated heterocycles. The second kappa shape index (κ2) is 1.25. The highest BCUT2D eigenvalue weighted by Gasteiger charge is 2.28. The Kier molecular flexibility index (Phi) is 0.682. The van der Waals surface area contributed by atoms with Gasteiger partial charge in [0.1, 0.15) is 0 Å². The first-order valence-electron chi connectivity index (χ1n) is 3.26. The van der Waals surface area contributed by atoms with Gasteiger partial charge in [-0.1, -0.05) is 18.2 Å². The highest BCUT2D eigenvalue weighted by molar-refractivity contribution is 5.40. The molecule has 0 aromatic carbocycles. The molecule has 0 heteroatoms. The Morgan fingerprint density at radius 2 is 2.50 bits per heavy atom. The van der Waals surface area contributed by atoms with E-state index in [0.717, 1.165) is 5.92 Å². The summed E-state index contributed by atoms with van der Waals surface area (Å²) in [6.07, 6.45) is 6.29. The highest BCUT2D eigenvalue weighted by atomic mass is 14.3. The van der Waals surface area contributed by atoms with Crippen LogP contribution in [0.15, 0.2) is 23.8 Å². The maximum Gasteiger partial charge on any atom is -0.0125 e. The number of hydrogen-bond acceptors (Lipinski definition) is 0. The fraction of sp³-hybridized carbons (Fsp3) is 0.500. The Balaban J connectivity index is 2.35. The highest BCUT2D eigenvalue weighted by Crippen LogP contribution is 2.43. The standard InChI is InChI=1S/C8H10/c1-6-2-3-7-4-5-8(6)7/h5,7H,1-4H2. The van der Waals surface area contributed by atoms with Crippen LogP contribution in [0.25, 0.3) is 0 Å². The first kappa shape index (κ1) is 4.37. The summed E-state index contributed by atoms with van der Waals surface area (Å²) >= 11 is 0. The van der Waals surface area contributed by atoms with E-state index in [1.54, 1.807) is 5.57 Å². The molecule has 2 aliphatic rings. The van der Waals surface area contributed by atoms with E-state index in [9.17, 15) is 0 Å². The Morgan fingerprint density at radius 3 is 2.75 bits per heavy atom. The minimum absolute atomic E-state index is 0.933. The quantitative estimate of drug-likeness (QED) is 0.444. The molecule has 0 aromatic rings. The van der Waals surface area contributed by atoms with Crippen LogP contribution in [0.2, 0.25) is 0 Å². The van der Waals surface area contributed by atoms with Crippen molar-refractivity contribution < 1.29 is 0 Å². The number of fused-ring (bicyclic) bond motifs is 1. The van der Waals surface area contributed by atoms with Gasteiger partial charge in [0.15, 0.2) is 0 Å². The van der Waals surface area contributed by atoms with E-state index in [2.05, 4.69) is 12.7 Å². The number of allylic oxidation sites excluding steroid dienone is 3. The Morgan fingerprint density at radius 1 is 1.62 bits per heavy atom. The summed E-state index contributed by atoms with van der Waals surface area (Å²) < 4.78 is 0. The molecular formula is C8H10. The van der Waals surface area contributed by atoms with Gasteiger partial charge in [0.05, 0.1) is 0 Å². The van der Waals surface area contributed by atoms with E-state index in [1.807, 2.05) is 0 Å².